The van der Waals surface area contributed by atoms with Crippen LogP contribution >= 0.6 is 0 Å². The molecule has 1 atom stereocenters. The molecule has 50 heavy (non-hydrogen) atoms. The molecule has 0 aromatic rings. The molecule has 1 rings (SSSR count). The highest BCUT2D eigenvalue weighted by Crippen LogP contribution is 2.12. The van der Waals surface area contributed by atoms with Crippen molar-refractivity contribution in [2.75, 3.05) is 46.4 Å². The molecule has 6 nitrogen and oxygen atoms in total. The van der Waals surface area contributed by atoms with Gasteiger partial charge >= 0.3 is 11.9 Å². The quantitative estimate of drug-likeness (QED) is 0.0386. The van der Waals surface area contributed by atoms with Crippen LogP contribution in [0, 0.1) is 0 Å². The number of nitrogens with zero attached hydrogens (tertiary/aromatic N) is 2. The van der Waals surface area contributed by atoms with Gasteiger partial charge in [0.15, 0.2) is 0 Å². The molecule has 1 unspecified atom stereocenters. The number of hydrogen-bond donors (Lipinski definition) is 0. The zero-order valence-electron chi connectivity index (χ0n) is 32.9. The lowest BCUT2D eigenvalue weighted by Crippen LogP contribution is -2.48. The van der Waals surface area contributed by atoms with Gasteiger partial charge in [-0.3, -0.25) is 14.5 Å². The Morgan fingerprint density at radius 3 is 1.44 bits per heavy atom. The van der Waals surface area contributed by atoms with Crippen LogP contribution in [0.3, 0.4) is 0 Å². The van der Waals surface area contributed by atoms with Gasteiger partial charge in [0.1, 0.15) is 12.7 Å². The molecular weight excluding hydrogens is 620 g/mol. The Morgan fingerprint density at radius 1 is 0.540 bits per heavy atom. The van der Waals surface area contributed by atoms with Crippen molar-refractivity contribution in [3.63, 3.8) is 0 Å². The van der Waals surface area contributed by atoms with E-state index in [4.69, 9.17) is 9.47 Å². The Hall–Kier alpha value is -2.18. The molecule has 1 aliphatic rings. The van der Waals surface area contributed by atoms with Gasteiger partial charge < -0.3 is 14.4 Å². The van der Waals surface area contributed by atoms with Crippen LogP contribution in [0.15, 0.2) is 48.6 Å². The molecule has 0 aromatic heterocycles. The number of carbonyl (C=O) groups is 2. The monoisotopic (exact) mass is 699 g/mol. The summed E-state index contributed by atoms with van der Waals surface area (Å²) in [6, 6.07) is 0. The summed E-state index contributed by atoms with van der Waals surface area (Å²) in [6.45, 7) is 9.14. The van der Waals surface area contributed by atoms with Gasteiger partial charge in [0.05, 0.1) is 0 Å². The molecule has 0 bridgehead atoms. The second-order valence-electron chi connectivity index (χ2n) is 14.4. The minimum Gasteiger partial charge on any atom is -0.462 e. The highest BCUT2D eigenvalue weighted by molar-refractivity contribution is 5.70. The van der Waals surface area contributed by atoms with Crippen molar-refractivity contribution < 1.29 is 19.1 Å². The second-order valence-corrected chi connectivity index (χ2v) is 14.4. The molecule has 1 aliphatic heterocycles. The Labute approximate surface area is 309 Å². The summed E-state index contributed by atoms with van der Waals surface area (Å²) in [5, 5.41) is 0. The Morgan fingerprint density at radius 2 is 0.960 bits per heavy atom. The molecule has 1 saturated heterocycles. The van der Waals surface area contributed by atoms with Gasteiger partial charge in [-0.1, -0.05) is 127 Å². The molecule has 1 heterocycles. The third kappa shape index (κ3) is 30.6. The smallest absolute Gasteiger partial charge is 0.306 e. The number of likely N-dealkylation sites (N-methyl/N-ethyl adjacent to an activating group) is 1. The highest BCUT2D eigenvalue weighted by atomic mass is 16.6. The number of hydrogen-bond acceptors (Lipinski definition) is 6. The van der Waals surface area contributed by atoms with Crippen LogP contribution in [0.2, 0.25) is 0 Å². The predicted molar refractivity (Wildman–Crippen MR) is 213 cm³/mol. The van der Waals surface area contributed by atoms with Crippen molar-refractivity contribution in [1.82, 2.24) is 9.80 Å². The van der Waals surface area contributed by atoms with E-state index in [0.29, 0.717) is 19.4 Å². The molecule has 6 heteroatoms. The van der Waals surface area contributed by atoms with Crippen LogP contribution in [0.25, 0.3) is 0 Å². The van der Waals surface area contributed by atoms with Gasteiger partial charge in [-0.2, -0.15) is 0 Å². The normalized spacial score (nSPS) is 15.3. The van der Waals surface area contributed by atoms with Gasteiger partial charge in [0.25, 0.3) is 0 Å². The van der Waals surface area contributed by atoms with E-state index in [0.717, 1.165) is 90.4 Å². The maximum atomic E-state index is 12.7. The SMILES string of the molecule is CCCCC/C=C\C/C=C\CCCCCCCC(=O)OCC(CN1CCN(C)CC1)OC(=O)CCCCCCC/C=C\C/C=C\CCCCC. The predicted octanol–water partition coefficient (Wildman–Crippen LogP) is 11.3. The van der Waals surface area contributed by atoms with E-state index in [2.05, 4.69) is 79.3 Å². The summed E-state index contributed by atoms with van der Waals surface area (Å²) in [7, 11) is 2.13. The summed E-state index contributed by atoms with van der Waals surface area (Å²) in [6.07, 6.45) is 44.3. The average Bonchev–Trinajstić information content (AvgIpc) is 3.11. The summed E-state index contributed by atoms with van der Waals surface area (Å²) in [4.78, 5) is 29.9. The Kier molecular flexibility index (Phi) is 32.3. The minimum absolute atomic E-state index is 0.152. The topological polar surface area (TPSA) is 59.1 Å². The summed E-state index contributed by atoms with van der Waals surface area (Å²) >= 11 is 0. The minimum atomic E-state index is -0.405. The number of ether oxygens (including phenoxy) is 2. The maximum absolute atomic E-state index is 12.7. The lowest BCUT2D eigenvalue weighted by Gasteiger charge is -2.34. The largest absolute Gasteiger partial charge is 0.462 e. The number of carbonyl (C=O) groups excluding carboxylic acids is 2. The summed E-state index contributed by atoms with van der Waals surface area (Å²) in [5.74, 6) is -0.344. The van der Waals surface area contributed by atoms with Crippen molar-refractivity contribution >= 4 is 11.9 Å². The van der Waals surface area contributed by atoms with Gasteiger partial charge in [-0.05, 0) is 84.1 Å². The molecule has 1 fully saturated rings. The first-order valence-electron chi connectivity index (χ1n) is 20.9. The first kappa shape index (κ1) is 45.8. The fourth-order valence-electron chi connectivity index (χ4n) is 6.11. The van der Waals surface area contributed by atoms with Gasteiger partial charge in [-0.15, -0.1) is 0 Å². The van der Waals surface area contributed by atoms with E-state index in [-0.39, 0.29) is 18.5 Å². The molecule has 0 aliphatic carbocycles. The third-order valence-electron chi connectivity index (χ3n) is 9.45. The molecule has 0 spiro atoms. The fraction of sp³-hybridized carbons (Fsp3) is 0.773. The Bertz CT molecular complexity index is 904. The molecular formula is C44H78N2O4. The van der Waals surface area contributed by atoms with Crippen LogP contribution in [0.1, 0.15) is 168 Å². The van der Waals surface area contributed by atoms with Crippen molar-refractivity contribution in [2.24, 2.45) is 0 Å². The van der Waals surface area contributed by atoms with Crippen LogP contribution in [0.4, 0.5) is 0 Å². The van der Waals surface area contributed by atoms with E-state index < -0.39 is 6.10 Å². The molecule has 0 aromatic carbocycles. The van der Waals surface area contributed by atoms with E-state index in [1.54, 1.807) is 0 Å². The molecule has 0 amide bonds. The zero-order valence-corrected chi connectivity index (χ0v) is 32.9. The number of rotatable bonds is 33. The number of piperazine rings is 1. The van der Waals surface area contributed by atoms with Crippen molar-refractivity contribution in [3.05, 3.63) is 48.6 Å². The highest BCUT2D eigenvalue weighted by Gasteiger charge is 2.22. The average molecular weight is 699 g/mol. The number of unbranched alkanes of at least 4 members (excludes halogenated alkanes) is 16. The summed E-state index contributed by atoms with van der Waals surface area (Å²) < 4.78 is 11.5. The first-order valence-corrected chi connectivity index (χ1v) is 20.9. The van der Waals surface area contributed by atoms with E-state index in [1.165, 1.54) is 77.0 Å². The van der Waals surface area contributed by atoms with Gasteiger partial charge in [0, 0.05) is 45.6 Å². The third-order valence-corrected chi connectivity index (χ3v) is 9.45. The lowest BCUT2D eigenvalue weighted by atomic mass is 10.1. The number of allylic oxidation sites excluding steroid dienone is 8. The van der Waals surface area contributed by atoms with E-state index in [9.17, 15) is 9.59 Å². The van der Waals surface area contributed by atoms with Crippen LogP contribution in [-0.4, -0.2) is 74.2 Å². The van der Waals surface area contributed by atoms with Crippen LogP contribution in [0.5, 0.6) is 0 Å². The maximum Gasteiger partial charge on any atom is 0.306 e. The molecule has 0 radical (unpaired) electrons. The second kappa shape index (κ2) is 35.2. The van der Waals surface area contributed by atoms with Crippen LogP contribution in [-0.2, 0) is 19.1 Å². The van der Waals surface area contributed by atoms with Gasteiger partial charge in [0.2, 0.25) is 0 Å². The van der Waals surface area contributed by atoms with Crippen LogP contribution < -0.4 is 0 Å². The van der Waals surface area contributed by atoms with Crippen molar-refractivity contribution in [1.29, 1.82) is 0 Å². The zero-order chi connectivity index (χ0) is 36.2. The first-order chi connectivity index (χ1) is 24.5. The van der Waals surface area contributed by atoms with E-state index >= 15 is 0 Å². The number of esters is 2. The summed E-state index contributed by atoms with van der Waals surface area (Å²) in [5.41, 5.74) is 0. The van der Waals surface area contributed by atoms with Crippen molar-refractivity contribution in [2.45, 2.75) is 174 Å². The molecule has 0 saturated carbocycles. The van der Waals surface area contributed by atoms with Crippen molar-refractivity contribution in [3.8, 4) is 0 Å². The molecule has 288 valence electrons. The van der Waals surface area contributed by atoms with Gasteiger partial charge in [-0.25, -0.2) is 0 Å². The Balaban J connectivity index is 2.18. The fourth-order valence-corrected chi connectivity index (χ4v) is 6.11. The van der Waals surface area contributed by atoms with E-state index in [1.807, 2.05) is 0 Å². The molecule has 0 N–H and O–H groups in total. The standard InChI is InChI=1S/C44H78N2O4/c1-4-6-8-10-12-14-16-18-20-22-24-26-28-30-32-34-43(47)49-41-42(40-46-38-36-45(3)37-39-46)50-44(48)35-33-31-29-27-25-23-21-19-17-15-13-11-9-7-5-2/h12-15,18-21,42H,4-11,16-17,22-41H2,1-3H3/b14-12-,15-13-,20-18-,21-19-. The lowest BCUT2D eigenvalue weighted by molar-refractivity contribution is -0.160.